The zero-order valence-electron chi connectivity index (χ0n) is 10.7. The van der Waals surface area contributed by atoms with E-state index in [-0.39, 0.29) is 0 Å². The van der Waals surface area contributed by atoms with Crippen molar-refractivity contribution in [3.63, 3.8) is 0 Å². The summed E-state index contributed by atoms with van der Waals surface area (Å²) in [6.07, 6.45) is 7.59. The van der Waals surface area contributed by atoms with Crippen LogP contribution in [0.3, 0.4) is 0 Å². The molecule has 1 aliphatic rings. The van der Waals surface area contributed by atoms with Crippen LogP contribution < -0.4 is 0 Å². The Hall–Kier alpha value is -0.300. The molecular formula is C14H26O. The van der Waals surface area contributed by atoms with E-state index in [1.807, 2.05) is 0 Å². The first-order valence-corrected chi connectivity index (χ1v) is 6.31. The number of rotatable bonds is 2. The lowest BCUT2D eigenvalue weighted by Gasteiger charge is -2.24. The highest BCUT2D eigenvalue weighted by Gasteiger charge is 2.29. The van der Waals surface area contributed by atoms with Crippen LogP contribution >= 0.6 is 0 Å². The van der Waals surface area contributed by atoms with E-state index in [2.05, 4.69) is 33.8 Å². The van der Waals surface area contributed by atoms with Gasteiger partial charge in [-0.05, 0) is 51.4 Å². The van der Waals surface area contributed by atoms with E-state index in [0.717, 1.165) is 24.7 Å². The first kappa shape index (κ1) is 12.8. The van der Waals surface area contributed by atoms with E-state index in [4.69, 9.17) is 0 Å². The molecule has 1 saturated carbocycles. The molecule has 0 aromatic heterocycles. The molecule has 15 heavy (non-hydrogen) atoms. The van der Waals surface area contributed by atoms with Crippen molar-refractivity contribution in [2.45, 2.75) is 65.4 Å². The monoisotopic (exact) mass is 210 g/mol. The van der Waals surface area contributed by atoms with Gasteiger partial charge in [0.25, 0.3) is 0 Å². The third-order valence-corrected chi connectivity index (χ3v) is 3.63. The summed E-state index contributed by atoms with van der Waals surface area (Å²) < 4.78 is 0. The predicted octanol–water partition coefficient (Wildman–Crippen LogP) is 3.92. The Bertz CT molecular complexity index is 225. The van der Waals surface area contributed by atoms with Crippen molar-refractivity contribution in [3.05, 3.63) is 11.6 Å². The third kappa shape index (κ3) is 3.98. The molecule has 0 aromatic rings. The first-order valence-electron chi connectivity index (χ1n) is 6.31. The summed E-state index contributed by atoms with van der Waals surface area (Å²) >= 11 is 0. The Balaban J connectivity index is 2.63. The second-order valence-electron chi connectivity index (χ2n) is 5.76. The quantitative estimate of drug-likeness (QED) is 0.541. The topological polar surface area (TPSA) is 20.2 Å². The zero-order chi connectivity index (χ0) is 11.5. The van der Waals surface area contributed by atoms with Gasteiger partial charge >= 0.3 is 0 Å². The van der Waals surface area contributed by atoms with Gasteiger partial charge < -0.3 is 5.11 Å². The second kappa shape index (κ2) is 5.16. The fraction of sp³-hybridized carbons (Fsp3) is 0.857. The van der Waals surface area contributed by atoms with Crippen LogP contribution in [0.2, 0.25) is 0 Å². The minimum atomic E-state index is -0.511. The van der Waals surface area contributed by atoms with E-state index in [1.54, 1.807) is 0 Å². The summed E-state index contributed by atoms with van der Waals surface area (Å²) in [5.74, 6) is 1.57. The molecule has 0 saturated heterocycles. The highest BCUT2D eigenvalue weighted by molar-refractivity contribution is 5.07. The molecule has 0 heterocycles. The van der Waals surface area contributed by atoms with E-state index in [1.165, 1.54) is 24.8 Å². The number of aliphatic hydroxyl groups is 1. The lowest BCUT2D eigenvalue weighted by atomic mass is 9.87. The smallest absolute Gasteiger partial charge is 0.0830 e. The fourth-order valence-corrected chi connectivity index (χ4v) is 2.72. The van der Waals surface area contributed by atoms with Crippen LogP contribution in [0.1, 0.15) is 59.8 Å². The van der Waals surface area contributed by atoms with Crippen molar-refractivity contribution in [1.29, 1.82) is 0 Å². The molecule has 0 amide bonds. The summed E-state index contributed by atoms with van der Waals surface area (Å²) in [4.78, 5) is 0. The van der Waals surface area contributed by atoms with Crippen LogP contribution in [0.25, 0.3) is 0 Å². The van der Waals surface area contributed by atoms with E-state index >= 15 is 0 Å². The molecule has 0 aliphatic heterocycles. The maximum Gasteiger partial charge on any atom is 0.0830 e. The van der Waals surface area contributed by atoms with Crippen LogP contribution in [0, 0.1) is 11.8 Å². The van der Waals surface area contributed by atoms with Crippen molar-refractivity contribution in [2.75, 3.05) is 0 Å². The van der Waals surface area contributed by atoms with E-state index < -0.39 is 5.60 Å². The van der Waals surface area contributed by atoms with Crippen LogP contribution in [-0.4, -0.2) is 10.7 Å². The largest absolute Gasteiger partial charge is 0.386 e. The van der Waals surface area contributed by atoms with Gasteiger partial charge in [-0.25, -0.2) is 0 Å². The highest BCUT2D eigenvalue weighted by Crippen LogP contribution is 2.35. The summed E-state index contributed by atoms with van der Waals surface area (Å²) in [5, 5.41) is 10.4. The minimum Gasteiger partial charge on any atom is -0.386 e. The molecular weight excluding hydrogens is 184 g/mol. The SMILES string of the molecule is CC(C)=CC1(O)CCCC(C(C)C)CC1. The molecule has 0 radical (unpaired) electrons. The van der Waals surface area contributed by atoms with Crippen molar-refractivity contribution >= 4 is 0 Å². The average molecular weight is 210 g/mol. The van der Waals surface area contributed by atoms with Crippen LogP contribution in [0.4, 0.5) is 0 Å². The van der Waals surface area contributed by atoms with Crippen molar-refractivity contribution in [1.82, 2.24) is 0 Å². The summed E-state index contributed by atoms with van der Waals surface area (Å²) in [5.41, 5.74) is 0.725. The van der Waals surface area contributed by atoms with Gasteiger partial charge in [-0.2, -0.15) is 0 Å². The van der Waals surface area contributed by atoms with Gasteiger partial charge in [0, 0.05) is 0 Å². The van der Waals surface area contributed by atoms with Crippen LogP contribution in [0.5, 0.6) is 0 Å². The lowest BCUT2D eigenvalue weighted by Crippen LogP contribution is -2.25. The standard InChI is InChI=1S/C14H26O/c1-11(2)10-14(15)8-5-6-13(7-9-14)12(3)4/h10,12-13,15H,5-9H2,1-4H3. The van der Waals surface area contributed by atoms with Crippen molar-refractivity contribution in [2.24, 2.45) is 11.8 Å². The van der Waals surface area contributed by atoms with Crippen LogP contribution in [0.15, 0.2) is 11.6 Å². The highest BCUT2D eigenvalue weighted by atomic mass is 16.3. The summed E-state index contributed by atoms with van der Waals surface area (Å²) in [7, 11) is 0. The molecule has 0 spiro atoms. The van der Waals surface area contributed by atoms with Gasteiger partial charge in [0.2, 0.25) is 0 Å². The Morgan fingerprint density at radius 1 is 1.27 bits per heavy atom. The van der Waals surface area contributed by atoms with E-state index in [9.17, 15) is 5.11 Å². The Morgan fingerprint density at radius 3 is 2.47 bits per heavy atom. The Morgan fingerprint density at radius 2 is 1.93 bits per heavy atom. The Kier molecular flexibility index (Phi) is 4.39. The molecule has 2 unspecified atom stereocenters. The first-order chi connectivity index (χ1) is 6.93. The third-order valence-electron chi connectivity index (χ3n) is 3.63. The van der Waals surface area contributed by atoms with Crippen molar-refractivity contribution < 1.29 is 5.11 Å². The molecule has 1 rings (SSSR count). The summed E-state index contributed by atoms with van der Waals surface area (Å²) in [6, 6.07) is 0. The molecule has 1 nitrogen and oxygen atoms in total. The van der Waals surface area contributed by atoms with Gasteiger partial charge in [-0.15, -0.1) is 0 Å². The maximum absolute atomic E-state index is 10.4. The zero-order valence-corrected chi connectivity index (χ0v) is 10.7. The number of hydrogen-bond acceptors (Lipinski definition) is 1. The molecule has 0 bridgehead atoms. The van der Waals surface area contributed by atoms with Gasteiger partial charge in [-0.3, -0.25) is 0 Å². The molecule has 1 fully saturated rings. The van der Waals surface area contributed by atoms with Gasteiger partial charge in [0.15, 0.2) is 0 Å². The second-order valence-corrected chi connectivity index (χ2v) is 5.76. The average Bonchev–Trinajstić information content (AvgIpc) is 2.25. The lowest BCUT2D eigenvalue weighted by molar-refractivity contribution is 0.0719. The van der Waals surface area contributed by atoms with Crippen LogP contribution in [-0.2, 0) is 0 Å². The van der Waals surface area contributed by atoms with E-state index in [0.29, 0.717) is 0 Å². The van der Waals surface area contributed by atoms with Crippen molar-refractivity contribution in [3.8, 4) is 0 Å². The molecule has 2 atom stereocenters. The molecule has 0 aromatic carbocycles. The van der Waals surface area contributed by atoms with Gasteiger partial charge in [0.1, 0.15) is 0 Å². The molecule has 1 N–H and O–H groups in total. The number of allylic oxidation sites excluding steroid dienone is 1. The van der Waals surface area contributed by atoms with Gasteiger partial charge in [-0.1, -0.05) is 31.9 Å². The van der Waals surface area contributed by atoms with Gasteiger partial charge in [0.05, 0.1) is 5.60 Å². The fourth-order valence-electron chi connectivity index (χ4n) is 2.72. The molecule has 88 valence electrons. The predicted molar refractivity (Wildman–Crippen MR) is 65.8 cm³/mol. The molecule has 1 aliphatic carbocycles. The Labute approximate surface area is 94.6 Å². The number of hydrogen-bond donors (Lipinski definition) is 1. The maximum atomic E-state index is 10.4. The minimum absolute atomic E-state index is 0.511. The normalized spacial score (nSPS) is 32.5. The molecule has 1 heteroatoms. The summed E-state index contributed by atoms with van der Waals surface area (Å²) in [6.45, 7) is 8.75.